The number of aliphatic carboxylic acids is 1. The molecular weight excluding hydrogens is 232 g/mol. The average Bonchev–Trinajstić information content (AvgIpc) is 2.73. The Bertz CT molecular complexity index is 449. The van der Waals surface area contributed by atoms with Gasteiger partial charge in [-0.1, -0.05) is 6.92 Å². The maximum atomic E-state index is 11.7. The Morgan fingerprint density at radius 3 is 2.89 bits per heavy atom. The number of aromatic nitrogens is 1. The number of carbonyl (C=O) groups is 2. The smallest absolute Gasteiger partial charge is 0.328 e. The fraction of sp³-hybridized carbons (Fsp3) is 0.385. The van der Waals surface area contributed by atoms with Gasteiger partial charge in [0.25, 0.3) is 0 Å². The van der Waals surface area contributed by atoms with Crippen LogP contribution in [0.25, 0.3) is 6.08 Å². The molecule has 0 saturated carbocycles. The first-order chi connectivity index (χ1) is 8.52. The van der Waals surface area contributed by atoms with Gasteiger partial charge in [-0.25, -0.2) is 4.79 Å². The summed E-state index contributed by atoms with van der Waals surface area (Å²) in [5, 5.41) is 11.4. The topological polar surface area (TPSA) is 71.3 Å². The summed E-state index contributed by atoms with van der Waals surface area (Å²) in [6, 6.07) is 3.68. The van der Waals surface area contributed by atoms with E-state index in [0.29, 0.717) is 5.69 Å². The van der Waals surface area contributed by atoms with E-state index < -0.39 is 5.97 Å². The molecule has 0 spiro atoms. The molecule has 0 radical (unpaired) electrons. The standard InChI is InChI=1S/C13H18N2O3/c1-3-10(2)14-12(16)9-15-8-4-5-11(15)6-7-13(17)18/h4-8,10H,3,9H2,1-2H3,(H,14,16)(H,17,18)/b7-6+. The number of carboxylic acid groups (broad SMARTS) is 1. The van der Waals surface area contributed by atoms with Gasteiger partial charge in [-0.2, -0.15) is 0 Å². The average molecular weight is 250 g/mol. The fourth-order valence-electron chi connectivity index (χ4n) is 1.46. The molecule has 2 N–H and O–H groups in total. The number of amides is 1. The Kier molecular flexibility index (Phi) is 5.17. The highest BCUT2D eigenvalue weighted by atomic mass is 16.4. The molecule has 1 heterocycles. The third-order valence-corrected chi connectivity index (χ3v) is 2.60. The van der Waals surface area contributed by atoms with Crippen molar-refractivity contribution in [2.75, 3.05) is 0 Å². The molecule has 1 aromatic rings. The van der Waals surface area contributed by atoms with Gasteiger partial charge in [0.2, 0.25) is 5.91 Å². The second kappa shape index (κ2) is 6.64. The van der Waals surface area contributed by atoms with Crippen LogP contribution in [0.4, 0.5) is 0 Å². The lowest BCUT2D eigenvalue weighted by Gasteiger charge is -2.12. The monoisotopic (exact) mass is 250 g/mol. The molecule has 0 saturated heterocycles. The number of rotatable bonds is 6. The van der Waals surface area contributed by atoms with E-state index in [1.165, 1.54) is 6.08 Å². The summed E-state index contributed by atoms with van der Waals surface area (Å²) in [5.41, 5.74) is 0.691. The van der Waals surface area contributed by atoms with Crippen LogP contribution in [0, 0.1) is 0 Å². The highest BCUT2D eigenvalue weighted by molar-refractivity contribution is 5.85. The lowest BCUT2D eigenvalue weighted by Crippen LogP contribution is -2.34. The van der Waals surface area contributed by atoms with Crippen molar-refractivity contribution in [1.82, 2.24) is 9.88 Å². The number of carbonyl (C=O) groups excluding carboxylic acids is 1. The van der Waals surface area contributed by atoms with Gasteiger partial charge in [-0.05, 0) is 31.6 Å². The van der Waals surface area contributed by atoms with Crippen LogP contribution in [0.15, 0.2) is 24.4 Å². The second-order valence-electron chi connectivity index (χ2n) is 4.11. The van der Waals surface area contributed by atoms with Gasteiger partial charge < -0.3 is 15.0 Å². The molecule has 1 amide bonds. The van der Waals surface area contributed by atoms with E-state index in [4.69, 9.17) is 5.11 Å². The number of nitrogens with one attached hydrogen (secondary N) is 1. The Balaban J connectivity index is 2.65. The minimum absolute atomic E-state index is 0.0782. The SMILES string of the molecule is CCC(C)NC(=O)Cn1cccc1/C=C/C(=O)O. The van der Waals surface area contributed by atoms with E-state index in [1.807, 2.05) is 13.8 Å². The van der Waals surface area contributed by atoms with Crippen LogP contribution in [-0.2, 0) is 16.1 Å². The zero-order chi connectivity index (χ0) is 13.5. The quantitative estimate of drug-likeness (QED) is 0.752. The molecule has 0 fully saturated rings. The van der Waals surface area contributed by atoms with Crippen LogP contribution in [0.3, 0.4) is 0 Å². The van der Waals surface area contributed by atoms with E-state index >= 15 is 0 Å². The maximum Gasteiger partial charge on any atom is 0.328 e. The highest BCUT2D eigenvalue weighted by Gasteiger charge is 2.07. The van der Waals surface area contributed by atoms with Crippen molar-refractivity contribution in [2.24, 2.45) is 0 Å². The molecule has 0 aromatic carbocycles. The van der Waals surface area contributed by atoms with Crippen molar-refractivity contribution in [3.05, 3.63) is 30.1 Å². The predicted octanol–water partition coefficient (Wildman–Crippen LogP) is 1.50. The van der Waals surface area contributed by atoms with Crippen LogP contribution in [0.2, 0.25) is 0 Å². The first-order valence-corrected chi connectivity index (χ1v) is 5.88. The first-order valence-electron chi connectivity index (χ1n) is 5.88. The summed E-state index contributed by atoms with van der Waals surface area (Å²) in [4.78, 5) is 22.1. The van der Waals surface area contributed by atoms with Crippen LogP contribution < -0.4 is 5.32 Å². The highest BCUT2D eigenvalue weighted by Crippen LogP contribution is 2.05. The maximum absolute atomic E-state index is 11.7. The molecule has 5 nitrogen and oxygen atoms in total. The second-order valence-corrected chi connectivity index (χ2v) is 4.11. The van der Waals surface area contributed by atoms with E-state index in [1.54, 1.807) is 22.9 Å². The van der Waals surface area contributed by atoms with Crippen LogP contribution >= 0.6 is 0 Å². The van der Waals surface area contributed by atoms with E-state index in [2.05, 4.69) is 5.32 Å². The summed E-state index contributed by atoms with van der Waals surface area (Å²) in [6.45, 7) is 4.14. The van der Waals surface area contributed by atoms with Crippen molar-refractivity contribution < 1.29 is 14.7 Å². The van der Waals surface area contributed by atoms with Crippen LogP contribution in [0.1, 0.15) is 26.0 Å². The van der Waals surface area contributed by atoms with Crippen LogP contribution in [-0.4, -0.2) is 27.6 Å². The first kappa shape index (κ1) is 14.0. The van der Waals surface area contributed by atoms with Gasteiger partial charge in [0, 0.05) is 24.0 Å². The number of nitrogens with zero attached hydrogens (tertiary/aromatic N) is 1. The van der Waals surface area contributed by atoms with E-state index in [0.717, 1.165) is 12.5 Å². The van der Waals surface area contributed by atoms with Gasteiger partial charge in [-0.3, -0.25) is 4.79 Å². The normalized spacial score (nSPS) is 12.6. The summed E-state index contributed by atoms with van der Waals surface area (Å²) in [7, 11) is 0. The van der Waals surface area contributed by atoms with Gasteiger partial charge in [-0.15, -0.1) is 0 Å². The number of hydrogen-bond acceptors (Lipinski definition) is 2. The van der Waals surface area contributed by atoms with Crippen LogP contribution in [0.5, 0.6) is 0 Å². The zero-order valence-corrected chi connectivity index (χ0v) is 10.6. The molecule has 0 aliphatic heterocycles. The fourth-order valence-corrected chi connectivity index (χ4v) is 1.46. The summed E-state index contributed by atoms with van der Waals surface area (Å²) >= 11 is 0. The van der Waals surface area contributed by atoms with Crippen molar-refractivity contribution in [2.45, 2.75) is 32.9 Å². The Labute approximate surface area is 106 Å². The van der Waals surface area contributed by atoms with E-state index in [9.17, 15) is 9.59 Å². The molecular formula is C13H18N2O3. The summed E-state index contributed by atoms with van der Waals surface area (Å²) in [5.74, 6) is -1.09. The summed E-state index contributed by atoms with van der Waals surface area (Å²) in [6.07, 6.45) is 5.15. The molecule has 1 atom stereocenters. The van der Waals surface area contributed by atoms with Gasteiger partial charge >= 0.3 is 5.97 Å². The molecule has 0 aliphatic carbocycles. The number of carboxylic acids is 1. The molecule has 98 valence electrons. The van der Waals surface area contributed by atoms with E-state index in [-0.39, 0.29) is 18.5 Å². The Hall–Kier alpha value is -2.04. The van der Waals surface area contributed by atoms with Gasteiger partial charge in [0.15, 0.2) is 0 Å². The minimum Gasteiger partial charge on any atom is -0.478 e. The molecule has 0 aliphatic rings. The Morgan fingerprint density at radius 1 is 1.56 bits per heavy atom. The zero-order valence-electron chi connectivity index (χ0n) is 10.6. The molecule has 18 heavy (non-hydrogen) atoms. The molecule has 5 heteroatoms. The largest absolute Gasteiger partial charge is 0.478 e. The van der Waals surface area contributed by atoms with Crippen molar-refractivity contribution in [3.8, 4) is 0 Å². The lowest BCUT2D eigenvalue weighted by atomic mass is 10.2. The molecule has 0 bridgehead atoms. The molecule has 1 unspecified atom stereocenters. The Morgan fingerprint density at radius 2 is 2.28 bits per heavy atom. The minimum atomic E-state index is -1.01. The van der Waals surface area contributed by atoms with Crippen molar-refractivity contribution >= 4 is 18.0 Å². The molecule has 1 aromatic heterocycles. The summed E-state index contributed by atoms with van der Waals surface area (Å²) < 4.78 is 1.71. The third kappa shape index (κ3) is 4.45. The number of hydrogen-bond donors (Lipinski definition) is 2. The third-order valence-electron chi connectivity index (χ3n) is 2.60. The van der Waals surface area contributed by atoms with Crippen molar-refractivity contribution in [1.29, 1.82) is 0 Å². The predicted molar refractivity (Wildman–Crippen MR) is 69.0 cm³/mol. The van der Waals surface area contributed by atoms with Gasteiger partial charge in [0.1, 0.15) is 6.54 Å². The van der Waals surface area contributed by atoms with Gasteiger partial charge in [0.05, 0.1) is 0 Å². The lowest BCUT2D eigenvalue weighted by molar-refractivity contribution is -0.131. The molecule has 1 rings (SSSR count). The van der Waals surface area contributed by atoms with Crippen molar-refractivity contribution in [3.63, 3.8) is 0 Å².